The second-order valence-corrected chi connectivity index (χ2v) is 9.33. The van der Waals surface area contributed by atoms with Crippen LogP contribution in [0.1, 0.15) is 17.3 Å². The molecule has 0 aromatic heterocycles. The average molecular weight is 700 g/mol. The highest BCUT2D eigenvalue weighted by molar-refractivity contribution is 14.1. The minimum Gasteiger partial charge on any atom is -0.345 e. The van der Waals surface area contributed by atoms with Crippen LogP contribution in [0.3, 0.4) is 0 Å². The smallest absolute Gasteiger partial charge is 0.345 e. The molecule has 7 nitrogen and oxygen atoms in total. The summed E-state index contributed by atoms with van der Waals surface area (Å²) < 4.78 is 57.3. The first kappa shape index (κ1) is 22.2. The monoisotopic (exact) mass is 700 g/mol. The van der Waals surface area contributed by atoms with Crippen molar-refractivity contribution in [2.75, 3.05) is 11.9 Å². The first-order valence-corrected chi connectivity index (χ1v) is 10.5. The molecule has 0 aliphatic heterocycles. The van der Waals surface area contributed by atoms with Gasteiger partial charge in [0.05, 0.1) is 21.4 Å². The van der Waals surface area contributed by atoms with Gasteiger partial charge in [-0.15, -0.1) is 0 Å². The van der Waals surface area contributed by atoms with Crippen LogP contribution in [0.4, 0.5) is 14.5 Å². The maximum absolute atomic E-state index is 13.2. The third-order valence-corrected chi connectivity index (χ3v) is 6.21. The highest BCUT2D eigenvalue weighted by Gasteiger charge is 2.44. The second-order valence-electron chi connectivity index (χ2n) is 4.38. The van der Waals surface area contributed by atoms with Crippen molar-refractivity contribution in [3.63, 3.8) is 0 Å². The molecule has 0 saturated heterocycles. The first-order valence-electron chi connectivity index (χ1n) is 5.86. The molecule has 0 fully saturated rings. The Labute approximate surface area is 176 Å². The zero-order chi connectivity index (χ0) is 18.9. The number of nitrogens with one attached hydrogen (secondary N) is 2. The zero-order valence-corrected chi connectivity index (χ0v) is 19.0. The van der Waals surface area contributed by atoms with Gasteiger partial charge in [-0.2, -0.15) is 17.2 Å². The number of benzene rings is 1. The van der Waals surface area contributed by atoms with Crippen LogP contribution in [0.25, 0.3) is 0 Å². The van der Waals surface area contributed by atoms with Crippen LogP contribution in [0, 0.1) is 10.7 Å². The molecule has 1 rings (SSSR count). The van der Waals surface area contributed by atoms with Gasteiger partial charge in [0.25, 0.3) is 5.91 Å². The lowest BCUT2D eigenvalue weighted by Gasteiger charge is -2.17. The third-order valence-electron chi connectivity index (χ3n) is 2.53. The van der Waals surface area contributed by atoms with Crippen molar-refractivity contribution in [2.45, 2.75) is 12.2 Å². The van der Waals surface area contributed by atoms with Crippen molar-refractivity contribution in [1.29, 1.82) is 0 Å². The number of halogens is 5. The van der Waals surface area contributed by atoms with Crippen molar-refractivity contribution < 1.29 is 31.3 Å². The van der Waals surface area contributed by atoms with Crippen molar-refractivity contribution in [3.8, 4) is 0 Å². The van der Waals surface area contributed by atoms with Gasteiger partial charge in [-0.1, -0.05) is 0 Å². The molecule has 3 N–H and O–H groups in total. The summed E-state index contributed by atoms with van der Waals surface area (Å²) in [6, 6.07) is 1.56. The van der Waals surface area contributed by atoms with Gasteiger partial charge in [0.15, 0.2) is 0 Å². The highest BCUT2D eigenvalue weighted by atomic mass is 127. The van der Waals surface area contributed by atoms with E-state index in [9.17, 15) is 26.8 Å². The standard InChI is InChI=1S/C11H9F2I3N2O5S/c1-4(19)18-9-6(15)2-5(14)7(8(9)16)10(20)17-3-11(12,13)24(21,22)23/h2H,3H2,1H3,(H,17,20)(H,18,19)(H,21,22,23). The lowest BCUT2D eigenvalue weighted by Crippen LogP contribution is -2.42. The van der Waals surface area contributed by atoms with Gasteiger partial charge in [-0.25, -0.2) is 0 Å². The third kappa shape index (κ3) is 5.31. The lowest BCUT2D eigenvalue weighted by molar-refractivity contribution is -0.114. The number of hydrogen-bond acceptors (Lipinski definition) is 4. The Hall–Kier alpha value is 0.120. The molecular formula is C11H9F2I3N2O5S. The molecule has 0 unspecified atom stereocenters. The van der Waals surface area contributed by atoms with Gasteiger partial charge in [0, 0.05) is 14.1 Å². The Kier molecular flexibility index (Phi) is 7.58. The van der Waals surface area contributed by atoms with Crippen molar-refractivity contribution in [3.05, 3.63) is 22.3 Å². The molecule has 0 spiro atoms. The molecular weight excluding hydrogens is 691 g/mol. The summed E-state index contributed by atoms with van der Waals surface area (Å²) in [5.74, 6) is -1.34. The van der Waals surface area contributed by atoms with Gasteiger partial charge in [0.2, 0.25) is 5.91 Å². The van der Waals surface area contributed by atoms with E-state index in [1.807, 2.05) is 45.2 Å². The molecule has 0 saturated carbocycles. The minimum absolute atomic E-state index is 0.00602. The van der Waals surface area contributed by atoms with Gasteiger partial charge < -0.3 is 10.6 Å². The van der Waals surface area contributed by atoms with E-state index in [0.29, 0.717) is 16.4 Å². The van der Waals surface area contributed by atoms with E-state index in [4.69, 9.17) is 4.55 Å². The average Bonchev–Trinajstić information content (AvgIpc) is 2.39. The lowest BCUT2D eigenvalue weighted by atomic mass is 10.2. The van der Waals surface area contributed by atoms with E-state index in [2.05, 4.69) is 5.32 Å². The van der Waals surface area contributed by atoms with E-state index in [0.717, 1.165) is 0 Å². The Balaban J connectivity index is 3.18. The molecule has 0 atom stereocenters. The van der Waals surface area contributed by atoms with Gasteiger partial charge in [0.1, 0.15) is 0 Å². The van der Waals surface area contributed by atoms with Gasteiger partial charge in [-0.05, 0) is 73.8 Å². The van der Waals surface area contributed by atoms with Crippen molar-refractivity contribution >= 4 is 95.4 Å². The van der Waals surface area contributed by atoms with Crippen molar-refractivity contribution in [1.82, 2.24) is 5.32 Å². The Bertz CT molecular complexity index is 801. The Morgan fingerprint density at radius 2 is 1.79 bits per heavy atom. The molecule has 0 aliphatic rings. The minimum atomic E-state index is -5.64. The molecule has 0 bridgehead atoms. The fraction of sp³-hybridized carbons (Fsp3) is 0.273. The summed E-state index contributed by atoms with van der Waals surface area (Å²) in [6.45, 7) is -0.311. The zero-order valence-electron chi connectivity index (χ0n) is 11.7. The molecule has 0 aliphatic carbocycles. The molecule has 134 valence electrons. The van der Waals surface area contributed by atoms with E-state index < -0.39 is 27.8 Å². The number of alkyl halides is 2. The number of carbonyl (C=O) groups excluding carboxylic acids is 2. The molecule has 0 heterocycles. The predicted octanol–water partition coefficient (Wildman–Crippen LogP) is 2.67. The summed E-state index contributed by atoms with van der Waals surface area (Å²) in [5.41, 5.74) is 0.349. The Morgan fingerprint density at radius 1 is 1.25 bits per heavy atom. The summed E-state index contributed by atoms with van der Waals surface area (Å²) in [4.78, 5) is 23.4. The number of amides is 2. The van der Waals surface area contributed by atoms with Crippen LogP contribution < -0.4 is 10.6 Å². The Morgan fingerprint density at radius 3 is 2.25 bits per heavy atom. The number of anilines is 1. The van der Waals surface area contributed by atoms with E-state index in [1.165, 1.54) is 6.92 Å². The maximum Gasteiger partial charge on any atom is 0.386 e. The van der Waals surface area contributed by atoms with Crippen LogP contribution in [0.2, 0.25) is 0 Å². The number of rotatable bonds is 5. The fourth-order valence-corrected chi connectivity index (χ4v) is 5.84. The van der Waals surface area contributed by atoms with Gasteiger partial charge >= 0.3 is 15.4 Å². The molecule has 0 radical (unpaired) electrons. The number of hydrogen-bond donors (Lipinski definition) is 3. The molecule has 24 heavy (non-hydrogen) atoms. The van der Waals surface area contributed by atoms with Crippen molar-refractivity contribution in [2.24, 2.45) is 0 Å². The van der Waals surface area contributed by atoms with Gasteiger partial charge in [-0.3, -0.25) is 14.1 Å². The second kappa shape index (κ2) is 8.21. The predicted molar refractivity (Wildman–Crippen MR) is 108 cm³/mol. The quantitative estimate of drug-likeness (QED) is 0.324. The van der Waals surface area contributed by atoms with Crippen LogP contribution in [-0.2, 0) is 14.9 Å². The molecule has 13 heteroatoms. The maximum atomic E-state index is 13.2. The normalized spacial score (nSPS) is 12.0. The summed E-state index contributed by atoms with van der Waals surface area (Å²) in [5, 5.41) is -0.197. The highest BCUT2D eigenvalue weighted by Crippen LogP contribution is 2.32. The van der Waals surface area contributed by atoms with Crippen LogP contribution in [0.5, 0.6) is 0 Å². The van der Waals surface area contributed by atoms with E-state index in [-0.39, 0.29) is 11.5 Å². The summed E-state index contributed by atoms with van der Waals surface area (Å²) in [6.07, 6.45) is 0. The fourth-order valence-electron chi connectivity index (χ4n) is 1.45. The first-order chi connectivity index (χ1) is 10.8. The van der Waals surface area contributed by atoms with E-state index in [1.54, 1.807) is 34.0 Å². The molecule has 2 amide bonds. The van der Waals surface area contributed by atoms with Crippen LogP contribution >= 0.6 is 67.8 Å². The molecule has 1 aromatic rings. The van der Waals surface area contributed by atoms with Crippen LogP contribution in [-0.4, -0.2) is 36.6 Å². The molecule has 1 aromatic carbocycles. The van der Waals surface area contributed by atoms with E-state index >= 15 is 0 Å². The van der Waals surface area contributed by atoms with Crippen LogP contribution in [0.15, 0.2) is 6.07 Å². The topological polar surface area (TPSA) is 113 Å². The SMILES string of the molecule is CC(=O)Nc1c(I)cc(I)c(C(=O)NCC(F)(F)S(=O)(=O)O)c1I. The summed E-state index contributed by atoms with van der Waals surface area (Å²) in [7, 11) is -5.64. The number of carbonyl (C=O) groups is 2. The largest absolute Gasteiger partial charge is 0.386 e. The summed E-state index contributed by atoms with van der Waals surface area (Å²) >= 11 is 5.53.